The van der Waals surface area contributed by atoms with Gasteiger partial charge in [-0.1, -0.05) is 51.1 Å². The van der Waals surface area contributed by atoms with E-state index in [0.29, 0.717) is 6.54 Å². The van der Waals surface area contributed by atoms with Gasteiger partial charge in [0.15, 0.2) is 0 Å². The van der Waals surface area contributed by atoms with Crippen molar-refractivity contribution in [3.8, 4) is 0 Å². The number of nitrogens with one attached hydrogen (secondary N) is 1. The lowest BCUT2D eigenvalue weighted by molar-refractivity contribution is 0.0720. The summed E-state index contributed by atoms with van der Waals surface area (Å²) in [6, 6.07) is 10.4. The highest BCUT2D eigenvalue weighted by Crippen LogP contribution is 2.24. The lowest BCUT2D eigenvalue weighted by Crippen LogP contribution is -2.53. The summed E-state index contributed by atoms with van der Waals surface area (Å²) in [5.41, 5.74) is 1.21. The summed E-state index contributed by atoms with van der Waals surface area (Å²) in [5, 5.41) is 13.1. The molecule has 2 N–H and O–H groups in total. The Kier molecular flexibility index (Phi) is 6.27. The van der Waals surface area contributed by atoms with Gasteiger partial charge >= 0.3 is 6.03 Å². The lowest BCUT2D eigenvalue weighted by Gasteiger charge is -2.37. The third-order valence-corrected chi connectivity index (χ3v) is 5.05. The van der Waals surface area contributed by atoms with Crippen molar-refractivity contribution >= 4 is 6.03 Å². The van der Waals surface area contributed by atoms with E-state index in [4.69, 9.17) is 0 Å². The SMILES string of the molecule is CC(O)C1CCCN(C(=O)NC(Cc2ccccc2)C(C)(C)C)C1. The fraction of sp³-hybridized carbons (Fsp3) is 0.650. The standard InChI is InChI=1S/C20H32N2O2/c1-15(23)17-11-8-12-22(14-17)19(24)21-18(20(2,3)4)13-16-9-6-5-7-10-16/h5-7,9-10,15,17-18,23H,8,11-14H2,1-4H3,(H,21,24). The third-order valence-electron chi connectivity index (χ3n) is 5.05. The van der Waals surface area contributed by atoms with Crippen molar-refractivity contribution in [1.82, 2.24) is 10.2 Å². The first-order valence-corrected chi connectivity index (χ1v) is 9.05. The second kappa shape index (κ2) is 8.02. The van der Waals surface area contributed by atoms with Crippen LogP contribution in [0, 0.1) is 11.3 Å². The van der Waals surface area contributed by atoms with Crippen LogP contribution in [0.4, 0.5) is 4.79 Å². The molecule has 0 saturated carbocycles. The highest BCUT2D eigenvalue weighted by molar-refractivity contribution is 5.74. The number of carbonyl (C=O) groups is 1. The molecule has 24 heavy (non-hydrogen) atoms. The van der Waals surface area contributed by atoms with Crippen LogP contribution in [-0.2, 0) is 6.42 Å². The van der Waals surface area contributed by atoms with Gasteiger partial charge in [-0.15, -0.1) is 0 Å². The number of rotatable bonds is 4. The van der Waals surface area contributed by atoms with Gasteiger partial charge in [-0.2, -0.15) is 0 Å². The van der Waals surface area contributed by atoms with Crippen LogP contribution in [0.25, 0.3) is 0 Å². The molecule has 1 saturated heterocycles. The maximum atomic E-state index is 12.7. The highest BCUT2D eigenvalue weighted by atomic mass is 16.3. The number of hydrogen-bond donors (Lipinski definition) is 2. The summed E-state index contributed by atoms with van der Waals surface area (Å²) in [6.45, 7) is 9.73. The summed E-state index contributed by atoms with van der Waals surface area (Å²) in [7, 11) is 0. The number of piperidine rings is 1. The van der Waals surface area contributed by atoms with Crippen molar-refractivity contribution in [2.75, 3.05) is 13.1 Å². The monoisotopic (exact) mass is 332 g/mol. The molecular weight excluding hydrogens is 300 g/mol. The van der Waals surface area contributed by atoms with Crippen molar-refractivity contribution in [2.24, 2.45) is 11.3 Å². The number of aliphatic hydroxyl groups is 1. The van der Waals surface area contributed by atoms with E-state index in [1.807, 2.05) is 30.0 Å². The first-order valence-electron chi connectivity index (χ1n) is 9.05. The van der Waals surface area contributed by atoms with Gasteiger partial charge in [0, 0.05) is 25.0 Å². The van der Waals surface area contributed by atoms with Crippen LogP contribution in [0.1, 0.15) is 46.1 Å². The predicted molar refractivity (Wildman–Crippen MR) is 97.9 cm³/mol. The molecule has 1 fully saturated rings. The Morgan fingerprint density at radius 3 is 2.58 bits per heavy atom. The van der Waals surface area contributed by atoms with E-state index in [1.165, 1.54) is 5.56 Å². The molecule has 4 heteroatoms. The molecule has 1 aliphatic heterocycles. The largest absolute Gasteiger partial charge is 0.393 e. The zero-order valence-electron chi connectivity index (χ0n) is 15.5. The zero-order valence-corrected chi connectivity index (χ0v) is 15.5. The Morgan fingerprint density at radius 2 is 2.00 bits per heavy atom. The number of aliphatic hydroxyl groups excluding tert-OH is 1. The lowest BCUT2D eigenvalue weighted by atomic mass is 9.83. The van der Waals surface area contributed by atoms with Crippen LogP contribution in [0.3, 0.4) is 0 Å². The van der Waals surface area contributed by atoms with Crippen molar-refractivity contribution < 1.29 is 9.90 Å². The molecular formula is C20H32N2O2. The normalized spacial score (nSPS) is 21.2. The van der Waals surface area contributed by atoms with E-state index in [1.54, 1.807) is 0 Å². The molecule has 1 aromatic rings. The smallest absolute Gasteiger partial charge is 0.317 e. The number of hydrogen-bond acceptors (Lipinski definition) is 2. The summed E-state index contributed by atoms with van der Waals surface area (Å²) < 4.78 is 0. The van der Waals surface area contributed by atoms with Crippen LogP contribution in [0.5, 0.6) is 0 Å². The Bertz CT molecular complexity index is 522. The molecule has 1 aromatic carbocycles. The number of urea groups is 1. The number of nitrogens with zero attached hydrogens (tertiary/aromatic N) is 1. The molecule has 2 rings (SSSR count). The van der Waals surface area contributed by atoms with Gasteiger partial charge in [0.1, 0.15) is 0 Å². The fourth-order valence-electron chi connectivity index (χ4n) is 3.25. The Hall–Kier alpha value is -1.55. The van der Waals surface area contributed by atoms with E-state index in [2.05, 4.69) is 38.2 Å². The van der Waals surface area contributed by atoms with E-state index in [9.17, 15) is 9.90 Å². The molecule has 1 heterocycles. The van der Waals surface area contributed by atoms with Crippen molar-refractivity contribution in [3.05, 3.63) is 35.9 Å². The molecule has 0 aliphatic carbocycles. The number of benzene rings is 1. The number of likely N-dealkylation sites (tertiary alicyclic amines) is 1. The van der Waals surface area contributed by atoms with Crippen molar-refractivity contribution in [3.63, 3.8) is 0 Å². The van der Waals surface area contributed by atoms with Gasteiger partial charge in [0.05, 0.1) is 6.10 Å². The minimum Gasteiger partial charge on any atom is -0.393 e. The summed E-state index contributed by atoms with van der Waals surface area (Å²) in [6.07, 6.45) is 2.42. The molecule has 0 bridgehead atoms. The molecule has 3 unspecified atom stereocenters. The molecule has 0 aromatic heterocycles. The average molecular weight is 332 g/mol. The van der Waals surface area contributed by atoms with Gasteiger partial charge in [-0.25, -0.2) is 4.79 Å². The van der Waals surface area contributed by atoms with Gasteiger partial charge in [-0.05, 0) is 37.2 Å². The van der Waals surface area contributed by atoms with Gasteiger partial charge in [-0.3, -0.25) is 0 Å². The third kappa shape index (κ3) is 5.23. The van der Waals surface area contributed by atoms with Gasteiger partial charge < -0.3 is 15.3 Å². The van der Waals surface area contributed by atoms with E-state index < -0.39 is 0 Å². The van der Waals surface area contributed by atoms with Crippen LogP contribution in [0.15, 0.2) is 30.3 Å². The zero-order chi connectivity index (χ0) is 17.7. The highest BCUT2D eigenvalue weighted by Gasteiger charge is 2.31. The average Bonchev–Trinajstić information content (AvgIpc) is 2.54. The topological polar surface area (TPSA) is 52.6 Å². The van der Waals surface area contributed by atoms with E-state index in [-0.39, 0.29) is 29.5 Å². The van der Waals surface area contributed by atoms with Crippen LogP contribution in [-0.4, -0.2) is 41.3 Å². The molecule has 1 aliphatic rings. The predicted octanol–water partition coefficient (Wildman–Crippen LogP) is 3.45. The molecule has 0 spiro atoms. The quantitative estimate of drug-likeness (QED) is 0.887. The minimum absolute atomic E-state index is 0.00351. The molecule has 3 atom stereocenters. The van der Waals surface area contributed by atoms with Crippen LogP contribution >= 0.6 is 0 Å². The van der Waals surface area contributed by atoms with Crippen LogP contribution in [0.2, 0.25) is 0 Å². The second-order valence-corrected chi connectivity index (χ2v) is 8.15. The summed E-state index contributed by atoms with van der Waals surface area (Å²) in [4.78, 5) is 14.6. The Labute approximate surface area is 146 Å². The first kappa shape index (κ1) is 18.8. The molecule has 0 radical (unpaired) electrons. The van der Waals surface area contributed by atoms with Crippen molar-refractivity contribution in [1.29, 1.82) is 0 Å². The Morgan fingerprint density at radius 1 is 1.33 bits per heavy atom. The molecule has 2 amide bonds. The first-order chi connectivity index (χ1) is 11.3. The maximum Gasteiger partial charge on any atom is 0.317 e. The van der Waals surface area contributed by atoms with Crippen molar-refractivity contribution in [2.45, 2.75) is 59.1 Å². The minimum atomic E-state index is -0.358. The number of carbonyl (C=O) groups excluding carboxylic acids is 1. The number of amides is 2. The Balaban J connectivity index is 2.02. The molecule has 4 nitrogen and oxygen atoms in total. The molecule has 134 valence electrons. The maximum absolute atomic E-state index is 12.7. The van der Waals surface area contributed by atoms with Crippen LogP contribution < -0.4 is 5.32 Å². The van der Waals surface area contributed by atoms with Gasteiger partial charge in [0.25, 0.3) is 0 Å². The summed E-state index contributed by atoms with van der Waals surface area (Å²) >= 11 is 0. The van der Waals surface area contributed by atoms with E-state index >= 15 is 0 Å². The summed E-state index contributed by atoms with van der Waals surface area (Å²) in [5.74, 6) is 0.187. The second-order valence-electron chi connectivity index (χ2n) is 8.15. The van der Waals surface area contributed by atoms with Gasteiger partial charge in [0.2, 0.25) is 0 Å². The fourth-order valence-corrected chi connectivity index (χ4v) is 3.25. The van der Waals surface area contributed by atoms with E-state index in [0.717, 1.165) is 25.8 Å².